The number of anilines is 1. The van der Waals surface area contributed by atoms with Gasteiger partial charge in [0.05, 0.1) is 10.3 Å². The number of primary amides is 1. The number of nitrogens with one attached hydrogen (secondary N) is 1. The largest absolute Gasteiger partial charge is 0.370 e. The molecule has 8 heteroatoms. The first-order chi connectivity index (χ1) is 13.7. The molecule has 2 heterocycles. The summed E-state index contributed by atoms with van der Waals surface area (Å²) in [6.07, 6.45) is 0.592. The number of rotatable bonds is 6. The fourth-order valence-electron chi connectivity index (χ4n) is 3.33. The van der Waals surface area contributed by atoms with Gasteiger partial charge in [-0.3, -0.25) is 19.0 Å². The van der Waals surface area contributed by atoms with Crippen LogP contribution in [0.3, 0.4) is 0 Å². The van der Waals surface area contributed by atoms with Crippen LogP contribution < -0.4 is 16.6 Å². The predicted octanol–water partition coefficient (Wildman–Crippen LogP) is 3.07. The summed E-state index contributed by atoms with van der Waals surface area (Å²) in [6.45, 7) is 7.76. The average Bonchev–Trinajstić information content (AvgIpc) is 2.99. The second kappa shape index (κ2) is 8.16. The Kier molecular flexibility index (Phi) is 5.83. The van der Waals surface area contributed by atoms with Gasteiger partial charge in [-0.25, -0.2) is 4.98 Å². The minimum absolute atomic E-state index is 0.0589. The summed E-state index contributed by atoms with van der Waals surface area (Å²) in [5, 5.41) is 3.35. The van der Waals surface area contributed by atoms with Crippen molar-refractivity contribution in [3.05, 3.63) is 55.9 Å². The molecule has 0 spiro atoms. The lowest BCUT2D eigenvalue weighted by molar-refractivity contribution is -0.118. The van der Waals surface area contributed by atoms with Gasteiger partial charge in [0.1, 0.15) is 10.7 Å². The van der Waals surface area contributed by atoms with Crippen molar-refractivity contribution in [1.82, 2.24) is 9.55 Å². The van der Waals surface area contributed by atoms with Crippen LogP contribution in [0.4, 0.5) is 5.69 Å². The zero-order valence-electron chi connectivity index (χ0n) is 17.0. The normalized spacial score (nSPS) is 11.0. The third-order valence-electron chi connectivity index (χ3n) is 4.86. The van der Waals surface area contributed by atoms with Crippen LogP contribution in [0.25, 0.3) is 10.2 Å². The highest BCUT2D eigenvalue weighted by atomic mass is 32.1. The number of aryl methyl sites for hydroxylation is 4. The molecule has 0 aliphatic rings. The van der Waals surface area contributed by atoms with Gasteiger partial charge in [0, 0.05) is 25.1 Å². The molecule has 0 atom stereocenters. The van der Waals surface area contributed by atoms with Gasteiger partial charge in [-0.05, 0) is 38.0 Å². The molecule has 0 radical (unpaired) electrons. The quantitative estimate of drug-likeness (QED) is 0.649. The van der Waals surface area contributed by atoms with Crippen LogP contribution in [0.5, 0.6) is 0 Å². The standard InChI is InChI=1S/C21H24N4O3S/c1-5-16-24-20-17(21(28)25(16)9-8-15(22)26)13(4)18(29-20)19(27)23-14-7-6-11(2)10-12(14)3/h6-7,10H,5,8-9H2,1-4H3,(H2,22,26)(H,23,27). The van der Waals surface area contributed by atoms with Crippen LogP contribution >= 0.6 is 11.3 Å². The van der Waals surface area contributed by atoms with Gasteiger partial charge in [0.15, 0.2) is 0 Å². The fourth-order valence-corrected chi connectivity index (χ4v) is 4.42. The van der Waals surface area contributed by atoms with Crippen molar-refractivity contribution in [2.75, 3.05) is 5.32 Å². The van der Waals surface area contributed by atoms with Crippen LogP contribution in [0.15, 0.2) is 23.0 Å². The van der Waals surface area contributed by atoms with E-state index in [1.807, 2.05) is 39.0 Å². The summed E-state index contributed by atoms with van der Waals surface area (Å²) < 4.78 is 1.48. The molecule has 1 aromatic carbocycles. The van der Waals surface area contributed by atoms with Crippen molar-refractivity contribution in [2.45, 2.75) is 47.1 Å². The molecule has 0 unspecified atom stereocenters. The molecular weight excluding hydrogens is 388 g/mol. The van der Waals surface area contributed by atoms with E-state index in [0.717, 1.165) is 16.8 Å². The Hall–Kier alpha value is -3.00. The first-order valence-electron chi connectivity index (χ1n) is 9.42. The second-order valence-electron chi connectivity index (χ2n) is 7.06. The second-order valence-corrected chi connectivity index (χ2v) is 8.06. The monoisotopic (exact) mass is 412 g/mol. The highest BCUT2D eigenvalue weighted by Gasteiger charge is 2.21. The molecule has 0 saturated carbocycles. The number of fused-ring (bicyclic) bond motifs is 1. The van der Waals surface area contributed by atoms with E-state index in [9.17, 15) is 14.4 Å². The lowest BCUT2D eigenvalue weighted by Crippen LogP contribution is -2.27. The maximum atomic E-state index is 13.1. The molecule has 3 N–H and O–H groups in total. The van der Waals surface area contributed by atoms with Crippen molar-refractivity contribution < 1.29 is 9.59 Å². The number of nitrogens with two attached hydrogens (primary N) is 1. The molecule has 3 rings (SSSR count). The summed E-state index contributed by atoms with van der Waals surface area (Å²) in [7, 11) is 0. The van der Waals surface area contributed by atoms with Gasteiger partial charge in [-0.1, -0.05) is 24.6 Å². The summed E-state index contributed by atoms with van der Waals surface area (Å²) in [4.78, 5) is 42.7. The lowest BCUT2D eigenvalue weighted by Gasteiger charge is -2.10. The minimum Gasteiger partial charge on any atom is -0.370 e. The van der Waals surface area contributed by atoms with Crippen molar-refractivity contribution in [1.29, 1.82) is 0 Å². The predicted molar refractivity (Wildman–Crippen MR) is 116 cm³/mol. The Bertz CT molecular complexity index is 1180. The Balaban J connectivity index is 2.04. The molecule has 152 valence electrons. The molecule has 0 aliphatic carbocycles. The Morgan fingerprint density at radius 1 is 1.24 bits per heavy atom. The third-order valence-corrected chi connectivity index (χ3v) is 6.05. The maximum Gasteiger partial charge on any atom is 0.266 e. The Morgan fingerprint density at radius 2 is 1.97 bits per heavy atom. The Labute approximate surface area is 172 Å². The molecule has 0 saturated heterocycles. The number of thiophene rings is 1. The van der Waals surface area contributed by atoms with Crippen LogP contribution in [0.2, 0.25) is 0 Å². The summed E-state index contributed by atoms with van der Waals surface area (Å²) >= 11 is 1.21. The van der Waals surface area contributed by atoms with E-state index in [1.54, 1.807) is 6.92 Å². The van der Waals surface area contributed by atoms with Gasteiger partial charge in [-0.2, -0.15) is 0 Å². The Morgan fingerprint density at radius 3 is 2.59 bits per heavy atom. The molecule has 29 heavy (non-hydrogen) atoms. The molecule has 7 nitrogen and oxygen atoms in total. The van der Waals surface area contributed by atoms with Gasteiger partial charge in [0.25, 0.3) is 11.5 Å². The van der Waals surface area contributed by atoms with E-state index in [-0.39, 0.29) is 24.4 Å². The summed E-state index contributed by atoms with van der Waals surface area (Å²) in [5.74, 6) is -0.167. The van der Waals surface area contributed by atoms with E-state index >= 15 is 0 Å². The van der Waals surface area contributed by atoms with Crippen molar-refractivity contribution in [2.24, 2.45) is 5.73 Å². The molecule has 0 aliphatic heterocycles. The van der Waals surface area contributed by atoms with Gasteiger partial charge in [0.2, 0.25) is 5.91 Å². The summed E-state index contributed by atoms with van der Waals surface area (Å²) in [6, 6.07) is 5.81. The van der Waals surface area contributed by atoms with Gasteiger partial charge in [-0.15, -0.1) is 11.3 Å². The zero-order chi connectivity index (χ0) is 21.3. The van der Waals surface area contributed by atoms with E-state index in [4.69, 9.17) is 5.73 Å². The molecule has 0 fully saturated rings. The summed E-state index contributed by atoms with van der Waals surface area (Å²) in [5.41, 5.74) is 8.41. The number of nitrogens with zero attached hydrogens (tertiary/aromatic N) is 2. The minimum atomic E-state index is -0.477. The van der Waals surface area contributed by atoms with Crippen molar-refractivity contribution in [3.8, 4) is 0 Å². The molecular formula is C21H24N4O3S. The van der Waals surface area contributed by atoms with Gasteiger partial charge >= 0.3 is 0 Å². The zero-order valence-corrected chi connectivity index (χ0v) is 17.8. The van der Waals surface area contributed by atoms with E-state index in [2.05, 4.69) is 10.3 Å². The first kappa shape index (κ1) is 20.7. The van der Waals surface area contributed by atoms with Gasteiger partial charge < -0.3 is 11.1 Å². The number of carbonyl (C=O) groups excluding carboxylic acids is 2. The number of aromatic nitrogens is 2. The fraction of sp³-hybridized carbons (Fsp3) is 0.333. The van der Waals surface area contributed by atoms with E-state index in [1.165, 1.54) is 15.9 Å². The molecule has 2 aromatic heterocycles. The molecule has 0 bridgehead atoms. The average molecular weight is 413 g/mol. The molecule has 2 amide bonds. The highest BCUT2D eigenvalue weighted by molar-refractivity contribution is 7.20. The topological polar surface area (TPSA) is 107 Å². The maximum absolute atomic E-state index is 13.1. The lowest BCUT2D eigenvalue weighted by atomic mass is 10.1. The first-order valence-corrected chi connectivity index (χ1v) is 10.2. The number of hydrogen-bond donors (Lipinski definition) is 2. The van der Waals surface area contributed by atoms with Crippen molar-refractivity contribution in [3.63, 3.8) is 0 Å². The highest BCUT2D eigenvalue weighted by Crippen LogP contribution is 2.29. The van der Waals surface area contributed by atoms with E-state index < -0.39 is 5.91 Å². The van der Waals surface area contributed by atoms with Crippen LogP contribution in [-0.4, -0.2) is 21.4 Å². The number of hydrogen-bond acceptors (Lipinski definition) is 5. The van der Waals surface area contributed by atoms with Crippen LogP contribution in [0, 0.1) is 20.8 Å². The van der Waals surface area contributed by atoms with Crippen molar-refractivity contribution >= 4 is 39.1 Å². The van der Waals surface area contributed by atoms with E-state index in [0.29, 0.717) is 32.9 Å². The van der Waals surface area contributed by atoms with Crippen LogP contribution in [0.1, 0.15) is 45.5 Å². The molecule has 3 aromatic rings. The smallest absolute Gasteiger partial charge is 0.266 e. The number of amides is 2. The van der Waals surface area contributed by atoms with Crippen LogP contribution in [-0.2, 0) is 17.8 Å². The third kappa shape index (κ3) is 4.07. The number of benzene rings is 1. The SMILES string of the molecule is CCc1nc2sc(C(=O)Nc3ccc(C)cc3C)c(C)c2c(=O)n1CCC(N)=O. The number of carbonyl (C=O) groups is 2.